The number of thioether (sulfide) groups is 1. The highest BCUT2D eigenvalue weighted by molar-refractivity contribution is 8.00. The number of ether oxygens (including phenoxy) is 3. The molecule has 0 aliphatic carbocycles. The maximum atomic E-state index is 13.8. The SMILES string of the molecule is CCc1ccc(NC(=O)[C@H](CC)Sc2nc3cc(OC)c(OC)cc3c(=O)n2Cc2ccc(OC)cc2)cc1. The van der Waals surface area contributed by atoms with E-state index in [4.69, 9.17) is 19.2 Å². The molecule has 1 atom stereocenters. The molecule has 0 unspecified atom stereocenters. The molecule has 204 valence electrons. The lowest BCUT2D eigenvalue weighted by atomic mass is 10.1. The summed E-state index contributed by atoms with van der Waals surface area (Å²) in [5.74, 6) is 1.49. The fourth-order valence-electron chi connectivity index (χ4n) is 4.17. The first-order chi connectivity index (χ1) is 18.9. The van der Waals surface area contributed by atoms with Crippen molar-refractivity contribution < 1.29 is 19.0 Å². The number of methoxy groups -OCH3 is 3. The maximum absolute atomic E-state index is 13.8. The Morgan fingerprint density at radius 1 is 0.923 bits per heavy atom. The molecular weight excluding hydrogens is 514 g/mol. The van der Waals surface area contributed by atoms with Crippen LogP contribution in [-0.2, 0) is 17.8 Å². The molecule has 3 aromatic carbocycles. The minimum absolute atomic E-state index is 0.149. The Morgan fingerprint density at radius 2 is 1.56 bits per heavy atom. The van der Waals surface area contributed by atoms with Crippen molar-refractivity contribution in [3.63, 3.8) is 0 Å². The van der Waals surface area contributed by atoms with E-state index in [1.54, 1.807) is 23.8 Å². The molecule has 39 heavy (non-hydrogen) atoms. The zero-order valence-electron chi connectivity index (χ0n) is 22.8. The largest absolute Gasteiger partial charge is 0.497 e. The van der Waals surface area contributed by atoms with Crippen LogP contribution in [0.5, 0.6) is 17.2 Å². The Morgan fingerprint density at radius 3 is 2.15 bits per heavy atom. The number of anilines is 1. The van der Waals surface area contributed by atoms with Gasteiger partial charge in [-0.1, -0.05) is 49.9 Å². The number of nitrogens with one attached hydrogen (secondary N) is 1. The van der Waals surface area contributed by atoms with E-state index in [1.165, 1.54) is 31.5 Å². The van der Waals surface area contributed by atoms with E-state index in [0.717, 1.165) is 23.4 Å². The number of hydrogen-bond acceptors (Lipinski definition) is 7. The van der Waals surface area contributed by atoms with Gasteiger partial charge in [-0.2, -0.15) is 0 Å². The van der Waals surface area contributed by atoms with Crippen molar-refractivity contribution in [1.82, 2.24) is 9.55 Å². The Kier molecular flexibility index (Phi) is 9.14. The third-order valence-electron chi connectivity index (χ3n) is 6.46. The second-order valence-electron chi connectivity index (χ2n) is 8.91. The molecular formula is C30H33N3O5S. The van der Waals surface area contributed by atoms with E-state index < -0.39 is 5.25 Å². The lowest BCUT2D eigenvalue weighted by Crippen LogP contribution is -2.28. The van der Waals surface area contributed by atoms with Gasteiger partial charge in [0.1, 0.15) is 5.75 Å². The van der Waals surface area contributed by atoms with Crippen LogP contribution in [0.15, 0.2) is 70.6 Å². The lowest BCUT2D eigenvalue weighted by molar-refractivity contribution is -0.115. The Hall–Kier alpha value is -3.98. The van der Waals surface area contributed by atoms with Gasteiger partial charge in [0.25, 0.3) is 5.56 Å². The number of benzene rings is 3. The summed E-state index contributed by atoms with van der Waals surface area (Å²) in [5.41, 5.74) is 3.07. The molecule has 0 aliphatic heterocycles. The van der Waals surface area contributed by atoms with Crippen LogP contribution in [0.1, 0.15) is 31.4 Å². The molecule has 1 aromatic heterocycles. The summed E-state index contributed by atoms with van der Waals surface area (Å²) in [5, 5.41) is 3.38. The summed E-state index contributed by atoms with van der Waals surface area (Å²) < 4.78 is 17.7. The molecule has 4 aromatic rings. The molecule has 1 heterocycles. The van der Waals surface area contributed by atoms with Gasteiger partial charge in [-0.15, -0.1) is 0 Å². The van der Waals surface area contributed by atoms with Gasteiger partial charge in [-0.25, -0.2) is 4.98 Å². The normalized spacial score (nSPS) is 11.7. The van der Waals surface area contributed by atoms with Crippen LogP contribution in [0.4, 0.5) is 5.69 Å². The average molecular weight is 548 g/mol. The smallest absolute Gasteiger partial charge is 0.262 e. The number of fused-ring (bicyclic) bond motifs is 1. The number of hydrogen-bond donors (Lipinski definition) is 1. The molecule has 0 saturated heterocycles. The van der Waals surface area contributed by atoms with Gasteiger partial charge in [0.15, 0.2) is 16.7 Å². The fourth-order valence-corrected chi connectivity index (χ4v) is 5.18. The second kappa shape index (κ2) is 12.7. The highest BCUT2D eigenvalue weighted by atomic mass is 32.2. The minimum atomic E-state index is -0.470. The van der Waals surface area contributed by atoms with Crippen molar-refractivity contribution >= 4 is 34.3 Å². The first kappa shape index (κ1) is 28.0. The van der Waals surface area contributed by atoms with Crippen molar-refractivity contribution in [2.24, 2.45) is 0 Å². The van der Waals surface area contributed by atoms with Crippen molar-refractivity contribution in [1.29, 1.82) is 0 Å². The topological polar surface area (TPSA) is 91.7 Å². The van der Waals surface area contributed by atoms with E-state index in [1.807, 2.05) is 55.5 Å². The van der Waals surface area contributed by atoms with Gasteiger partial charge < -0.3 is 19.5 Å². The van der Waals surface area contributed by atoms with Crippen molar-refractivity contribution in [2.45, 2.75) is 43.6 Å². The van der Waals surface area contributed by atoms with Gasteiger partial charge in [-0.05, 0) is 54.3 Å². The zero-order valence-corrected chi connectivity index (χ0v) is 23.6. The quantitative estimate of drug-likeness (QED) is 0.195. The zero-order chi connectivity index (χ0) is 27.9. The standard InChI is InChI=1S/C30H33N3O5S/c1-6-19-8-12-21(13-9-19)31-28(34)27(7-2)39-30-32-24-17-26(38-5)25(37-4)16-23(24)29(35)33(30)18-20-10-14-22(36-3)15-11-20/h8-17,27H,6-7,18H2,1-5H3,(H,31,34)/t27-/m0/s1. The summed E-state index contributed by atoms with van der Waals surface area (Å²) in [7, 11) is 4.67. The molecule has 1 N–H and O–H groups in total. The van der Waals surface area contributed by atoms with E-state index in [-0.39, 0.29) is 18.0 Å². The van der Waals surface area contributed by atoms with Crippen LogP contribution in [0.3, 0.4) is 0 Å². The molecule has 0 radical (unpaired) electrons. The predicted molar refractivity (Wildman–Crippen MR) is 156 cm³/mol. The first-order valence-electron chi connectivity index (χ1n) is 12.8. The van der Waals surface area contributed by atoms with Crippen molar-refractivity contribution in [3.05, 3.63) is 82.1 Å². The molecule has 0 bridgehead atoms. The number of carbonyl (C=O) groups is 1. The van der Waals surface area contributed by atoms with E-state index in [9.17, 15) is 9.59 Å². The molecule has 8 nitrogen and oxygen atoms in total. The third kappa shape index (κ3) is 6.37. The molecule has 1 amide bonds. The van der Waals surface area contributed by atoms with Crippen LogP contribution >= 0.6 is 11.8 Å². The molecule has 0 fully saturated rings. The first-order valence-corrected chi connectivity index (χ1v) is 13.6. The van der Waals surface area contributed by atoms with Crippen LogP contribution in [0.25, 0.3) is 10.9 Å². The van der Waals surface area contributed by atoms with Crippen LogP contribution in [-0.4, -0.2) is 42.0 Å². The van der Waals surface area contributed by atoms with Gasteiger partial charge in [0.2, 0.25) is 5.91 Å². The van der Waals surface area contributed by atoms with Gasteiger partial charge in [0.05, 0.1) is 44.0 Å². The van der Waals surface area contributed by atoms with E-state index in [2.05, 4.69) is 12.2 Å². The van der Waals surface area contributed by atoms with Crippen LogP contribution < -0.4 is 25.1 Å². The minimum Gasteiger partial charge on any atom is -0.497 e. The molecule has 9 heteroatoms. The van der Waals surface area contributed by atoms with E-state index >= 15 is 0 Å². The number of rotatable bonds is 11. The van der Waals surface area contributed by atoms with Gasteiger partial charge >= 0.3 is 0 Å². The monoisotopic (exact) mass is 547 g/mol. The maximum Gasteiger partial charge on any atom is 0.262 e. The highest BCUT2D eigenvalue weighted by Gasteiger charge is 2.23. The summed E-state index contributed by atoms with van der Waals surface area (Å²) in [6.07, 6.45) is 1.48. The number of aromatic nitrogens is 2. The third-order valence-corrected chi connectivity index (χ3v) is 7.82. The number of carbonyl (C=O) groups excluding carboxylic acids is 1. The summed E-state index contributed by atoms with van der Waals surface area (Å²) in [4.78, 5) is 31.9. The number of nitrogens with zero attached hydrogens (tertiary/aromatic N) is 2. The molecule has 0 aliphatic rings. The number of amides is 1. The Balaban J connectivity index is 1.74. The highest BCUT2D eigenvalue weighted by Crippen LogP contribution is 2.32. The fraction of sp³-hybridized carbons (Fsp3) is 0.300. The summed E-state index contributed by atoms with van der Waals surface area (Å²) in [6.45, 7) is 4.31. The Labute approximate surface area is 232 Å². The summed E-state index contributed by atoms with van der Waals surface area (Å²) >= 11 is 1.27. The van der Waals surface area contributed by atoms with Crippen molar-refractivity contribution in [3.8, 4) is 17.2 Å². The van der Waals surface area contributed by atoms with Gasteiger partial charge in [-0.3, -0.25) is 14.2 Å². The van der Waals surface area contributed by atoms with Crippen LogP contribution in [0, 0.1) is 0 Å². The number of aryl methyl sites for hydroxylation is 1. The van der Waals surface area contributed by atoms with Gasteiger partial charge in [0, 0.05) is 11.8 Å². The summed E-state index contributed by atoms with van der Waals surface area (Å²) in [6, 6.07) is 18.7. The van der Waals surface area contributed by atoms with E-state index in [0.29, 0.717) is 34.0 Å². The predicted octanol–water partition coefficient (Wildman–Crippen LogP) is 5.54. The van der Waals surface area contributed by atoms with Crippen LogP contribution in [0.2, 0.25) is 0 Å². The second-order valence-corrected chi connectivity index (χ2v) is 10.1. The average Bonchev–Trinajstić information content (AvgIpc) is 2.97. The Bertz CT molecular complexity index is 1500. The lowest BCUT2D eigenvalue weighted by Gasteiger charge is -2.19. The molecule has 4 rings (SSSR count). The molecule has 0 spiro atoms. The molecule has 0 saturated carbocycles. The van der Waals surface area contributed by atoms with Crippen molar-refractivity contribution in [2.75, 3.05) is 26.6 Å².